The lowest BCUT2D eigenvalue weighted by molar-refractivity contribution is 0.403. The smallest absolute Gasteiger partial charge is 0.181 e. The Morgan fingerprint density at radius 1 is 1.32 bits per heavy atom. The number of hydrogen-bond acceptors (Lipinski definition) is 4. The summed E-state index contributed by atoms with van der Waals surface area (Å²) in [6.07, 6.45) is 5.40. The highest BCUT2D eigenvalue weighted by molar-refractivity contribution is 7.84. The van der Waals surface area contributed by atoms with Gasteiger partial charge in [-0.1, -0.05) is 0 Å². The molecule has 2 aromatic heterocycles. The average molecular weight is 319 g/mol. The van der Waals surface area contributed by atoms with Gasteiger partial charge in [-0.3, -0.25) is 4.98 Å². The van der Waals surface area contributed by atoms with Gasteiger partial charge in [0.15, 0.2) is 5.82 Å². The molecular weight excluding hydrogens is 298 g/mol. The molecule has 2 aromatic rings. The van der Waals surface area contributed by atoms with Crippen LogP contribution < -0.4 is 4.72 Å². The highest BCUT2D eigenvalue weighted by atomic mass is 32.2. The number of aromatic nitrogens is 4. The van der Waals surface area contributed by atoms with Crippen molar-refractivity contribution in [3.05, 3.63) is 30.4 Å². The minimum absolute atomic E-state index is 0.0168. The maximum atomic E-state index is 12.4. The molecule has 0 saturated carbocycles. The van der Waals surface area contributed by atoms with Crippen molar-refractivity contribution in [2.75, 3.05) is 0 Å². The second kappa shape index (κ2) is 5.89. The van der Waals surface area contributed by atoms with Crippen molar-refractivity contribution in [1.29, 1.82) is 0 Å². The van der Waals surface area contributed by atoms with Gasteiger partial charge < -0.3 is 0 Å². The van der Waals surface area contributed by atoms with Crippen molar-refractivity contribution in [2.45, 2.75) is 50.9 Å². The first-order chi connectivity index (χ1) is 10.4. The third-order valence-corrected chi connectivity index (χ3v) is 5.23. The molecule has 0 aliphatic carbocycles. The highest BCUT2D eigenvalue weighted by Crippen LogP contribution is 2.27. The van der Waals surface area contributed by atoms with Crippen LogP contribution in [0.5, 0.6) is 0 Å². The monoisotopic (exact) mass is 319 g/mol. The Balaban J connectivity index is 1.88. The van der Waals surface area contributed by atoms with E-state index in [9.17, 15) is 4.21 Å². The zero-order valence-electron chi connectivity index (χ0n) is 13.1. The molecule has 118 valence electrons. The highest BCUT2D eigenvalue weighted by Gasteiger charge is 2.29. The van der Waals surface area contributed by atoms with Gasteiger partial charge in [-0.25, -0.2) is 18.6 Å². The van der Waals surface area contributed by atoms with Crippen LogP contribution in [0, 0.1) is 0 Å². The maximum absolute atomic E-state index is 12.4. The number of nitrogens with one attached hydrogen (secondary N) is 1. The fourth-order valence-electron chi connectivity index (χ4n) is 2.39. The van der Waals surface area contributed by atoms with E-state index >= 15 is 0 Å². The Hall–Kier alpha value is -1.60. The predicted octanol–water partition coefficient (Wildman–Crippen LogP) is 2.23. The Kier molecular flexibility index (Phi) is 4.10. The zero-order valence-corrected chi connectivity index (χ0v) is 13.9. The first kappa shape index (κ1) is 15.3. The van der Waals surface area contributed by atoms with Crippen molar-refractivity contribution in [3.63, 3.8) is 0 Å². The van der Waals surface area contributed by atoms with Crippen LogP contribution in [0.2, 0.25) is 0 Å². The van der Waals surface area contributed by atoms with Crippen molar-refractivity contribution < 1.29 is 4.21 Å². The summed E-state index contributed by atoms with van der Waals surface area (Å²) < 4.78 is 17.2. The summed E-state index contributed by atoms with van der Waals surface area (Å²) in [7, 11) is -1.12. The van der Waals surface area contributed by atoms with Crippen molar-refractivity contribution >= 4 is 11.0 Å². The molecule has 0 amide bonds. The molecule has 0 saturated heterocycles. The van der Waals surface area contributed by atoms with Crippen LogP contribution in [-0.2, 0) is 17.5 Å². The van der Waals surface area contributed by atoms with Gasteiger partial charge in [-0.05, 0) is 45.7 Å². The molecule has 22 heavy (non-hydrogen) atoms. The SMILES string of the molecule is CC(C)(C)[S@](=O)N[C@H]1CCCn2nc(-c3ccncc3)nc21. The molecule has 0 bridgehead atoms. The van der Waals surface area contributed by atoms with Crippen LogP contribution in [0.3, 0.4) is 0 Å². The first-order valence-electron chi connectivity index (χ1n) is 7.48. The predicted molar refractivity (Wildman–Crippen MR) is 86.3 cm³/mol. The Morgan fingerprint density at radius 2 is 2.05 bits per heavy atom. The molecule has 7 heteroatoms. The lowest BCUT2D eigenvalue weighted by atomic mass is 10.1. The number of pyridine rings is 1. The summed E-state index contributed by atoms with van der Waals surface area (Å²) in [5.41, 5.74) is 0.951. The summed E-state index contributed by atoms with van der Waals surface area (Å²) in [4.78, 5) is 8.68. The molecule has 0 spiro atoms. The Morgan fingerprint density at radius 3 is 2.73 bits per heavy atom. The average Bonchev–Trinajstić information content (AvgIpc) is 2.92. The van der Waals surface area contributed by atoms with E-state index in [2.05, 4.69) is 19.8 Å². The van der Waals surface area contributed by atoms with Gasteiger partial charge in [0.2, 0.25) is 0 Å². The van der Waals surface area contributed by atoms with E-state index in [0.29, 0.717) is 5.82 Å². The fourth-order valence-corrected chi connectivity index (χ4v) is 3.23. The molecule has 0 unspecified atom stereocenters. The van der Waals surface area contributed by atoms with Crippen LogP contribution in [0.4, 0.5) is 0 Å². The van der Waals surface area contributed by atoms with Crippen LogP contribution in [0.25, 0.3) is 11.4 Å². The zero-order chi connectivity index (χ0) is 15.7. The van der Waals surface area contributed by atoms with E-state index in [1.54, 1.807) is 12.4 Å². The molecule has 1 N–H and O–H groups in total. The quantitative estimate of drug-likeness (QED) is 0.941. The van der Waals surface area contributed by atoms with Gasteiger partial charge >= 0.3 is 0 Å². The normalized spacial score (nSPS) is 19.7. The first-order valence-corrected chi connectivity index (χ1v) is 8.63. The van der Waals surface area contributed by atoms with Gasteiger partial charge in [0.1, 0.15) is 5.82 Å². The van der Waals surface area contributed by atoms with Gasteiger partial charge in [0.25, 0.3) is 0 Å². The third-order valence-electron chi connectivity index (χ3n) is 3.62. The van der Waals surface area contributed by atoms with Gasteiger partial charge in [-0.2, -0.15) is 5.10 Å². The number of hydrogen-bond donors (Lipinski definition) is 1. The Labute approximate surface area is 133 Å². The number of aryl methyl sites for hydroxylation is 1. The van der Waals surface area contributed by atoms with Gasteiger partial charge in [-0.15, -0.1) is 0 Å². The fraction of sp³-hybridized carbons (Fsp3) is 0.533. The molecule has 6 nitrogen and oxygen atoms in total. The largest absolute Gasteiger partial charge is 0.265 e. The Bertz CT molecular complexity index is 677. The second-order valence-electron chi connectivity index (χ2n) is 6.45. The summed E-state index contributed by atoms with van der Waals surface area (Å²) >= 11 is 0. The van der Waals surface area contributed by atoms with Crippen LogP contribution in [0.15, 0.2) is 24.5 Å². The molecule has 0 fully saturated rings. The van der Waals surface area contributed by atoms with Crippen LogP contribution >= 0.6 is 0 Å². The summed E-state index contributed by atoms with van der Waals surface area (Å²) in [5.74, 6) is 1.57. The van der Waals surface area contributed by atoms with Crippen molar-refractivity contribution in [2.24, 2.45) is 0 Å². The van der Waals surface area contributed by atoms with E-state index < -0.39 is 11.0 Å². The molecule has 1 aliphatic rings. The molecule has 1 aliphatic heterocycles. The third kappa shape index (κ3) is 3.10. The lowest BCUT2D eigenvalue weighted by Crippen LogP contribution is -2.38. The molecular formula is C15H21N5OS. The van der Waals surface area contributed by atoms with E-state index in [1.807, 2.05) is 37.6 Å². The molecule has 3 heterocycles. The van der Waals surface area contributed by atoms with Crippen LogP contribution in [-0.4, -0.2) is 28.7 Å². The minimum Gasteiger partial charge on any atom is -0.265 e. The van der Waals surface area contributed by atoms with E-state index in [4.69, 9.17) is 0 Å². The summed E-state index contributed by atoms with van der Waals surface area (Å²) in [6.45, 7) is 6.75. The second-order valence-corrected chi connectivity index (χ2v) is 8.44. The number of nitrogens with zero attached hydrogens (tertiary/aromatic N) is 4. The molecule has 2 atom stereocenters. The minimum atomic E-state index is -1.12. The van der Waals surface area contributed by atoms with Crippen molar-refractivity contribution in [3.8, 4) is 11.4 Å². The summed E-state index contributed by atoms with van der Waals surface area (Å²) in [5, 5.41) is 4.58. The van der Waals surface area contributed by atoms with Gasteiger partial charge in [0, 0.05) is 24.5 Å². The van der Waals surface area contributed by atoms with E-state index in [0.717, 1.165) is 30.8 Å². The molecule has 0 radical (unpaired) electrons. The van der Waals surface area contributed by atoms with E-state index in [-0.39, 0.29) is 10.8 Å². The summed E-state index contributed by atoms with van der Waals surface area (Å²) in [6, 6.07) is 3.78. The topological polar surface area (TPSA) is 72.7 Å². The maximum Gasteiger partial charge on any atom is 0.181 e. The number of rotatable bonds is 3. The molecule has 3 rings (SSSR count). The van der Waals surface area contributed by atoms with Crippen molar-refractivity contribution in [1.82, 2.24) is 24.5 Å². The lowest BCUT2D eigenvalue weighted by Gasteiger charge is -2.26. The van der Waals surface area contributed by atoms with E-state index in [1.165, 1.54) is 0 Å². The standard InChI is InChI=1S/C15H21N5OS/c1-15(2,3)22(21)19-12-5-4-10-20-14(12)17-13(18-20)11-6-8-16-9-7-11/h6-9,12,19H,4-5,10H2,1-3H3/t12-,22-/m0/s1. The molecule has 0 aromatic carbocycles. The number of fused-ring (bicyclic) bond motifs is 1. The van der Waals surface area contributed by atoms with Gasteiger partial charge in [0.05, 0.1) is 21.8 Å². The van der Waals surface area contributed by atoms with Crippen LogP contribution in [0.1, 0.15) is 45.5 Å².